The Labute approximate surface area is 117 Å². The van der Waals surface area contributed by atoms with Crippen LogP contribution in [0.5, 0.6) is 0 Å². The molecule has 0 spiro atoms. The van der Waals surface area contributed by atoms with Gasteiger partial charge in [-0.1, -0.05) is 24.3 Å². The van der Waals surface area contributed by atoms with E-state index < -0.39 is 0 Å². The summed E-state index contributed by atoms with van der Waals surface area (Å²) < 4.78 is 0. The molecular formula is C17H26N2. The van der Waals surface area contributed by atoms with Crippen molar-refractivity contribution >= 4 is 0 Å². The zero-order valence-corrected chi connectivity index (χ0v) is 12.2. The molecule has 2 aliphatic rings. The maximum absolute atomic E-state index is 3.58. The molecule has 0 bridgehead atoms. The van der Waals surface area contributed by atoms with Crippen LogP contribution < -0.4 is 5.32 Å². The van der Waals surface area contributed by atoms with Gasteiger partial charge in [0.2, 0.25) is 0 Å². The second-order valence-corrected chi connectivity index (χ2v) is 6.40. The molecule has 3 atom stereocenters. The SMILES string of the molecule is CC1CN(CC2CCCc3ccccc32)C(C)CN1. The smallest absolute Gasteiger partial charge is 0.0193 e. The van der Waals surface area contributed by atoms with E-state index in [1.807, 2.05) is 0 Å². The second-order valence-electron chi connectivity index (χ2n) is 6.40. The van der Waals surface area contributed by atoms with Gasteiger partial charge >= 0.3 is 0 Å². The zero-order chi connectivity index (χ0) is 13.2. The Morgan fingerprint density at radius 1 is 1.26 bits per heavy atom. The molecule has 2 heteroatoms. The molecule has 19 heavy (non-hydrogen) atoms. The number of nitrogens with zero attached hydrogens (tertiary/aromatic N) is 1. The number of piperazine rings is 1. The lowest BCUT2D eigenvalue weighted by molar-refractivity contribution is 0.134. The van der Waals surface area contributed by atoms with Gasteiger partial charge in [0.05, 0.1) is 0 Å². The van der Waals surface area contributed by atoms with Crippen LogP contribution in [0, 0.1) is 0 Å². The van der Waals surface area contributed by atoms with Gasteiger partial charge in [-0.2, -0.15) is 0 Å². The van der Waals surface area contributed by atoms with E-state index in [2.05, 4.69) is 48.3 Å². The van der Waals surface area contributed by atoms with Crippen molar-refractivity contribution in [2.75, 3.05) is 19.6 Å². The van der Waals surface area contributed by atoms with Crippen molar-refractivity contribution in [3.63, 3.8) is 0 Å². The average Bonchev–Trinajstić information content (AvgIpc) is 2.43. The number of nitrogens with one attached hydrogen (secondary N) is 1. The summed E-state index contributed by atoms with van der Waals surface area (Å²) in [5.41, 5.74) is 3.21. The van der Waals surface area contributed by atoms with Crippen molar-refractivity contribution in [3.05, 3.63) is 35.4 Å². The van der Waals surface area contributed by atoms with E-state index in [0.29, 0.717) is 12.1 Å². The first-order valence-electron chi connectivity index (χ1n) is 7.79. The van der Waals surface area contributed by atoms with Gasteiger partial charge in [0.25, 0.3) is 0 Å². The Kier molecular flexibility index (Phi) is 3.90. The Balaban J connectivity index is 1.73. The molecule has 3 unspecified atom stereocenters. The first-order valence-corrected chi connectivity index (χ1v) is 7.79. The summed E-state index contributed by atoms with van der Waals surface area (Å²) in [4.78, 5) is 2.69. The Bertz CT molecular complexity index is 429. The highest BCUT2D eigenvalue weighted by Crippen LogP contribution is 2.32. The van der Waals surface area contributed by atoms with Crippen LogP contribution in [0.2, 0.25) is 0 Å². The molecule has 1 saturated heterocycles. The van der Waals surface area contributed by atoms with Crippen LogP contribution in [0.1, 0.15) is 43.7 Å². The molecule has 2 nitrogen and oxygen atoms in total. The van der Waals surface area contributed by atoms with Gasteiger partial charge in [-0.3, -0.25) is 4.90 Å². The summed E-state index contributed by atoms with van der Waals surface area (Å²) in [6.45, 7) is 8.22. The molecule has 0 saturated carbocycles. The van der Waals surface area contributed by atoms with E-state index >= 15 is 0 Å². The minimum atomic E-state index is 0.634. The van der Waals surface area contributed by atoms with Crippen molar-refractivity contribution in [1.29, 1.82) is 0 Å². The zero-order valence-electron chi connectivity index (χ0n) is 12.2. The molecule has 3 rings (SSSR count). The molecule has 1 aliphatic carbocycles. The monoisotopic (exact) mass is 258 g/mol. The third kappa shape index (κ3) is 2.85. The van der Waals surface area contributed by atoms with E-state index in [4.69, 9.17) is 0 Å². The number of hydrogen-bond acceptors (Lipinski definition) is 2. The van der Waals surface area contributed by atoms with Gasteiger partial charge < -0.3 is 5.32 Å². The Hall–Kier alpha value is -0.860. The summed E-state index contributed by atoms with van der Waals surface area (Å²) in [7, 11) is 0. The molecule has 1 aromatic carbocycles. The molecule has 1 heterocycles. The summed E-state index contributed by atoms with van der Waals surface area (Å²) in [5.74, 6) is 0.748. The molecule has 1 N–H and O–H groups in total. The first kappa shape index (κ1) is 13.1. The lowest BCUT2D eigenvalue weighted by Crippen LogP contribution is -2.55. The van der Waals surface area contributed by atoms with E-state index in [-0.39, 0.29) is 0 Å². The minimum absolute atomic E-state index is 0.634. The largest absolute Gasteiger partial charge is 0.311 e. The third-order valence-electron chi connectivity index (χ3n) is 4.84. The number of benzene rings is 1. The Morgan fingerprint density at radius 2 is 2.11 bits per heavy atom. The van der Waals surface area contributed by atoms with Crippen LogP contribution in [0.4, 0.5) is 0 Å². The van der Waals surface area contributed by atoms with Crippen LogP contribution in [-0.4, -0.2) is 36.6 Å². The maximum Gasteiger partial charge on any atom is 0.0193 e. The van der Waals surface area contributed by atoms with Crippen LogP contribution in [-0.2, 0) is 6.42 Å². The molecule has 1 aliphatic heterocycles. The van der Waals surface area contributed by atoms with Crippen molar-refractivity contribution < 1.29 is 0 Å². The van der Waals surface area contributed by atoms with Crippen LogP contribution in [0.25, 0.3) is 0 Å². The second kappa shape index (κ2) is 5.64. The quantitative estimate of drug-likeness (QED) is 0.877. The number of hydrogen-bond donors (Lipinski definition) is 1. The van der Waals surface area contributed by atoms with Gasteiger partial charge in [0.1, 0.15) is 0 Å². The standard InChI is InChI=1S/C17H26N2/c1-13-11-19(14(2)10-18-13)12-16-8-5-7-15-6-3-4-9-17(15)16/h3-4,6,9,13-14,16,18H,5,7-8,10-12H2,1-2H3. The summed E-state index contributed by atoms with van der Waals surface area (Å²) >= 11 is 0. The van der Waals surface area contributed by atoms with Crippen molar-refractivity contribution in [2.24, 2.45) is 0 Å². The van der Waals surface area contributed by atoms with Crippen LogP contribution in [0.3, 0.4) is 0 Å². The number of fused-ring (bicyclic) bond motifs is 1. The summed E-state index contributed by atoms with van der Waals surface area (Å²) in [6.07, 6.45) is 4.00. The van der Waals surface area contributed by atoms with Crippen molar-refractivity contribution in [3.8, 4) is 0 Å². The van der Waals surface area contributed by atoms with Crippen LogP contribution >= 0.6 is 0 Å². The number of aryl methyl sites for hydroxylation is 1. The number of rotatable bonds is 2. The predicted octanol–water partition coefficient (Wildman–Crippen LogP) is 2.79. The van der Waals surface area contributed by atoms with Crippen molar-refractivity contribution in [2.45, 2.75) is 51.1 Å². The van der Waals surface area contributed by atoms with Gasteiger partial charge in [0, 0.05) is 31.7 Å². The lowest BCUT2D eigenvalue weighted by atomic mass is 9.82. The van der Waals surface area contributed by atoms with Gasteiger partial charge in [-0.15, -0.1) is 0 Å². The van der Waals surface area contributed by atoms with E-state index in [9.17, 15) is 0 Å². The van der Waals surface area contributed by atoms with Gasteiger partial charge in [-0.05, 0) is 50.2 Å². The van der Waals surface area contributed by atoms with Gasteiger partial charge in [0.15, 0.2) is 0 Å². The fourth-order valence-corrected chi connectivity index (χ4v) is 3.68. The summed E-state index contributed by atoms with van der Waals surface area (Å²) in [5, 5.41) is 3.58. The van der Waals surface area contributed by atoms with E-state index in [0.717, 1.165) is 12.5 Å². The molecule has 1 fully saturated rings. The average molecular weight is 258 g/mol. The topological polar surface area (TPSA) is 15.3 Å². The Morgan fingerprint density at radius 3 is 3.00 bits per heavy atom. The van der Waals surface area contributed by atoms with Gasteiger partial charge in [-0.25, -0.2) is 0 Å². The molecule has 1 aromatic rings. The van der Waals surface area contributed by atoms with E-state index in [1.165, 1.54) is 32.4 Å². The molecular weight excluding hydrogens is 232 g/mol. The molecule has 0 aromatic heterocycles. The highest BCUT2D eigenvalue weighted by Gasteiger charge is 2.27. The lowest BCUT2D eigenvalue weighted by Gasteiger charge is -2.40. The molecule has 0 amide bonds. The third-order valence-corrected chi connectivity index (χ3v) is 4.84. The molecule has 104 valence electrons. The molecule has 0 radical (unpaired) electrons. The van der Waals surface area contributed by atoms with E-state index in [1.54, 1.807) is 11.1 Å². The normalized spacial score (nSPS) is 32.0. The predicted molar refractivity (Wildman–Crippen MR) is 80.6 cm³/mol. The maximum atomic E-state index is 3.58. The highest BCUT2D eigenvalue weighted by atomic mass is 15.2. The fourth-order valence-electron chi connectivity index (χ4n) is 3.68. The highest BCUT2D eigenvalue weighted by molar-refractivity contribution is 5.32. The van der Waals surface area contributed by atoms with Crippen molar-refractivity contribution in [1.82, 2.24) is 10.2 Å². The van der Waals surface area contributed by atoms with Crippen LogP contribution in [0.15, 0.2) is 24.3 Å². The fraction of sp³-hybridized carbons (Fsp3) is 0.647. The summed E-state index contributed by atoms with van der Waals surface area (Å²) in [6, 6.07) is 10.4. The first-order chi connectivity index (χ1) is 9.24. The minimum Gasteiger partial charge on any atom is -0.311 e.